The maximum Gasteiger partial charge on any atom is 0.191 e. The number of ketones is 1. The van der Waals surface area contributed by atoms with Gasteiger partial charge in [0.2, 0.25) is 0 Å². The molecule has 1 heterocycles. The summed E-state index contributed by atoms with van der Waals surface area (Å²) in [5, 5.41) is 5.13. The minimum Gasteiger partial charge on any atom is -0.289 e. The number of hydrogen-bond acceptors (Lipinski definition) is 2. The Bertz CT molecular complexity index is 1020. The second-order valence-corrected chi connectivity index (χ2v) is 6.53. The lowest BCUT2D eigenvalue weighted by molar-refractivity contribution is 0.104. The van der Waals surface area contributed by atoms with Crippen LogP contribution >= 0.6 is 11.6 Å². The highest BCUT2D eigenvalue weighted by atomic mass is 35.5. The molecule has 0 saturated heterocycles. The zero-order valence-electron chi connectivity index (χ0n) is 14.8. The van der Waals surface area contributed by atoms with Crippen molar-refractivity contribution in [2.45, 2.75) is 20.4 Å². The van der Waals surface area contributed by atoms with Crippen LogP contribution in [0.15, 0.2) is 48.5 Å². The first-order valence-electron chi connectivity index (χ1n) is 8.32. The summed E-state index contributed by atoms with van der Waals surface area (Å²) in [4.78, 5) is 12.2. The van der Waals surface area contributed by atoms with Crippen LogP contribution in [0, 0.1) is 25.5 Å². The summed E-state index contributed by atoms with van der Waals surface area (Å²) in [6.45, 7) is 4.16. The minimum absolute atomic E-state index is 0.482. The van der Waals surface area contributed by atoms with Gasteiger partial charge in [0, 0.05) is 16.3 Å². The standard InChI is InChI=1S/C21H17ClF2N2O/c1-13-16(10-11-20(27)21-18(23)8-5-9-19(21)24)14(2)26(25-13)12-15-6-3-4-7-17(15)22/h3-11H,12H2,1-2H3/b11-10+. The molecule has 3 rings (SSSR count). The van der Waals surface area contributed by atoms with Gasteiger partial charge in [-0.05, 0) is 49.8 Å². The molecule has 3 aromatic rings. The summed E-state index contributed by atoms with van der Waals surface area (Å²) in [5.74, 6) is -2.50. The van der Waals surface area contributed by atoms with Crippen LogP contribution < -0.4 is 0 Å². The van der Waals surface area contributed by atoms with Crippen molar-refractivity contribution in [3.63, 3.8) is 0 Å². The van der Waals surface area contributed by atoms with E-state index >= 15 is 0 Å². The van der Waals surface area contributed by atoms with Gasteiger partial charge in [0.15, 0.2) is 5.78 Å². The highest BCUT2D eigenvalue weighted by Crippen LogP contribution is 2.21. The smallest absolute Gasteiger partial charge is 0.191 e. The molecule has 0 atom stereocenters. The summed E-state index contributed by atoms with van der Waals surface area (Å²) in [5.41, 5.74) is 2.62. The van der Waals surface area contributed by atoms with Crippen LogP contribution in [0.4, 0.5) is 8.78 Å². The van der Waals surface area contributed by atoms with Crippen LogP contribution in [0.1, 0.15) is 32.9 Å². The zero-order valence-corrected chi connectivity index (χ0v) is 15.6. The Morgan fingerprint density at radius 1 is 1.11 bits per heavy atom. The molecule has 0 spiro atoms. The molecule has 1 aromatic heterocycles. The van der Waals surface area contributed by atoms with Gasteiger partial charge in [-0.25, -0.2) is 8.78 Å². The van der Waals surface area contributed by atoms with Crippen LogP contribution in [0.5, 0.6) is 0 Å². The van der Waals surface area contributed by atoms with E-state index in [2.05, 4.69) is 5.10 Å². The Balaban J connectivity index is 1.88. The molecular weight excluding hydrogens is 370 g/mol. The third kappa shape index (κ3) is 3.98. The Morgan fingerprint density at radius 3 is 2.44 bits per heavy atom. The van der Waals surface area contributed by atoms with E-state index in [4.69, 9.17) is 11.6 Å². The number of aromatic nitrogens is 2. The lowest BCUT2D eigenvalue weighted by Gasteiger charge is -2.06. The first-order chi connectivity index (χ1) is 12.9. The average molecular weight is 387 g/mol. The Labute approximate surface area is 160 Å². The number of carbonyl (C=O) groups excluding carboxylic acids is 1. The highest BCUT2D eigenvalue weighted by molar-refractivity contribution is 6.31. The molecule has 6 heteroatoms. The number of hydrogen-bond donors (Lipinski definition) is 0. The van der Waals surface area contributed by atoms with Crippen LogP contribution in [0.25, 0.3) is 6.08 Å². The Kier molecular flexibility index (Phi) is 5.51. The molecule has 0 aliphatic rings. The first kappa shape index (κ1) is 19.0. The van der Waals surface area contributed by atoms with Crippen molar-refractivity contribution >= 4 is 23.5 Å². The van der Waals surface area contributed by atoms with Crippen LogP contribution in [-0.4, -0.2) is 15.6 Å². The van der Waals surface area contributed by atoms with Crippen molar-refractivity contribution in [2.24, 2.45) is 0 Å². The molecule has 0 aliphatic carbocycles. The topological polar surface area (TPSA) is 34.9 Å². The summed E-state index contributed by atoms with van der Waals surface area (Å²) in [7, 11) is 0. The highest BCUT2D eigenvalue weighted by Gasteiger charge is 2.16. The van der Waals surface area contributed by atoms with Gasteiger partial charge in [-0.2, -0.15) is 5.10 Å². The summed E-state index contributed by atoms with van der Waals surface area (Å²) < 4.78 is 29.3. The molecule has 0 saturated carbocycles. The van der Waals surface area contributed by atoms with E-state index in [9.17, 15) is 13.6 Å². The van der Waals surface area contributed by atoms with Gasteiger partial charge in [0.1, 0.15) is 11.6 Å². The van der Waals surface area contributed by atoms with Crippen LogP contribution in [0.3, 0.4) is 0 Å². The average Bonchev–Trinajstić information content (AvgIpc) is 2.88. The van der Waals surface area contributed by atoms with Gasteiger partial charge in [-0.15, -0.1) is 0 Å². The number of halogens is 3. The third-order valence-corrected chi connectivity index (χ3v) is 4.69. The third-order valence-electron chi connectivity index (χ3n) is 4.33. The van der Waals surface area contributed by atoms with Crippen LogP contribution in [-0.2, 0) is 6.54 Å². The number of carbonyl (C=O) groups is 1. The normalized spacial score (nSPS) is 11.3. The fourth-order valence-corrected chi connectivity index (χ4v) is 3.06. The second-order valence-electron chi connectivity index (χ2n) is 6.13. The van der Waals surface area contributed by atoms with Gasteiger partial charge >= 0.3 is 0 Å². The van der Waals surface area contributed by atoms with Crippen LogP contribution in [0.2, 0.25) is 5.02 Å². The van der Waals surface area contributed by atoms with E-state index in [0.29, 0.717) is 17.3 Å². The van der Waals surface area contributed by atoms with Gasteiger partial charge in [-0.3, -0.25) is 9.48 Å². The van der Waals surface area contributed by atoms with Crippen molar-refractivity contribution in [3.05, 3.63) is 93.3 Å². The molecule has 27 heavy (non-hydrogen) atoms. The van der Waals surface area contributed by atoms with Gasteiger partial charge in [0.25, 0.3) is 0 Å². The van der Waals surface area contributed by atoms with E-state index in [1.807, 2.05) is 38.1 Å². The second kappa shape index (κ2) is 7.84. The number of benzene rings is 2. The molecule has 0 amide bonds. The maximum absolute atomic E-state index is 13.7. The molecule has 0 aliphatic heterocycles. The summed E-state index contributed by atoms with van der Waals surface area (Å²) in [6, 6.07) is 10.8. The number of aryl methyl sites for hydroxylation is 1. The molecule has 0 radical (unpaired) electrons. The zero-order chi connectivity index (χ0) is 19.6. The number of allylic oxidation sites excluding steroid dienone is 1. The van der Waals surface area contributed by atoms with Gasteiger partial charge in [0.05, 0.1) is 17.8 Å². The van der Waals surface area contributed by atoms with E-state index in [1.54, 1.807) is 4.68 Å². The molecule has 3 nitrogen and oxygen atoms in total. The molecular formula is C21H17ClF2N2O. The van der Waals surface area contributed by atoms with E-state index in [1.165, 1.54) is 18.2 Å². The molecule has 0 fully saturated rings. The Morgan fingerprint density at radius 2 is 1.78 bits per heavy atom. The first-order valence-corrected chi connectivity index (χ1v) is 8.70. The van der Waals surface area contributed by atoms with Gasteiger partial charge in [-0.1, -0.05) is 35.9 Å². The Hall–Kier alpha value is -2.79. The van der Waals surface area contributed by atoms with Crippen molar-refractivity contribution in [3.8, 4) is 0 Å². The molecule has 0 unspecified atom stereocenters. The number of nitrogens with zero attached hydrogens (tertiary/aromatic N) is 2. The monoisotopic (exact) mass is 386 g/mol. The van der Waals surface area contributed by atoms with E-state index in [-0.39, 0.29) is 0 Å². The lowest BCUT2D eigenvalue weighted by Crippen LogP contribution is -2.04. The predicted molar refractivity (Wildman–Crippen MR) is 102 cm³/mol. The predicted octanol–water partition coefficient (Wildman–Crippen LogP) is 5.38. The van der Waals surface area contributed by atoms with Crippen molar-refractivity contribution in [1.29, 1.82) is 0 Å². The van der Waals surface area contributed by atoms with Crippen molar-refractivity contribution in [2.75, 3.05) is 0 Å². The molecule has 138 valence electrons. The van der Waals surface area contributed by atoms with Gasteiger partial charge < -0.3 is 0 Å². The minimum atomic E-state index is -0.882. The van der Waals surface area contributed by atoms with E-state index < -0.39 is 23.0 Å². The van der Waals surface area contributed by atoms with Crippen molar-refractivity contribution in [1.82, 2.24) is 9.78 Å². The summed E-state index contributed by atoms with van der Waals surface area (Å²) >= 11 is 6.20. The molecule has 2 aromatic carbocycles. The number of rotatable bonds is 5. The lowest BCUT2D eigenvalue weighted by atomic mass is 10.1. The maximum atomic E-state index is 13.7. The SMILES string of the molecule is Cc1nn(Cc2ccccc2Cl)c(C)c1/C=C/C(=O)c1c(F)cccc1F. The fourth-order valence-electron chi connectivity index (χ4n) is 2.87. The van der Waals surface area contributed by atoms with Crippen molar-refractivity contribution < 1.29 is 13.6 Å². The summed E-state index contributed by atoms with van der Waals surface area (Å²) in [6.07, 6.45) is 2.70. The molecule has 0 N–H and O–H groups in total. The largest absolute Gasteiger partial charge is 0.289 e. The van der Waals surface area contributed by atoms with E-state index in [0.717, 1.165) is 29.0 Å². The molecule has 0 bridgehead atoms. The fraction of sp³-hybridized carbons (Fsp3) is 0.143. The quantitative estimate of drug-likeness (QED) is 0.436.